The van der Waals surface area contributed by atoms with Gasteiger partial charge in [0.05, 0.1) is 5.41 Å². The number of hydrogen-bond donors (Lipinski definition) is 1. The van der Waals surface area contributed by atoms with E-state index in [1.54, 1.807) is 0 Å². The molecule has 1 heterocycles. The zero-order valence-corrected chi connectivity index (χ0v) is 14.3. The highest BCUT2D eigenvalue weighted by Gasteiger charge is 2.63. The number of hydrogen-bond acceptors (Lipinski definition) is 2. The fourth-order valence-corrected chi connectivity index (χ4v) is 3.28. The zero-order chi connectivity index (χ0) is 17.0. The molecule has 0 spiro atoms. The quantitative estimate of drug-likeness (QED) is 0.827. The van der Waals surface area contributed by atoms with Crippen molar-refractivity contribution in [1.82, 2.24) is 0 Å². The monoisotopic (exact) mass is 316 g/mol. The van der Waals surface area contributed by atoms with Gasteiger partial charge in [-0.25, -0.2) is 0 Å². The van der Waals surface area contributed by atoms with Crippen LogP contribution < -0.4 is 5.73 Å². The van der Waals surface area contributed by atoms with Crippen molar-refractivity contribution in [2.75, 3.05) is 0 Å². The highest BCUT2D eigenvalue weighted by atomic mass is 14.9. The fourth-order valence-electron chi connectivity index (χ4n) is 3.28. The number of aliphatic imine (C=N–C) groups is 1. The lowest BCUT2D eigenvalue weighted by atomic mass is 9.90. The molecular weight excluding hydrogens is 292 g/mol. The Kier molecular flexibility index (Phi) is 4.55. The van der Waals surface area contributed by atoms with Crippen molar-refractivity contribution in [2.24, 2.45) is 16.1 Å². The van der Waals surface area contributed by atoms with Crippen molar-refractivity contribution in [3.05, 3.63) is 65.9 Å². The van der Waals surface area contributed by atoms with Crippen molar-refractivity contribution in [2.45, 2.75) is 38.1 Å². The summed E-state index contributed by atoms with van der Waals surface area (Å²) in [5, 5.41) is 0. The van der Waals surface area contributed by atoms with Gasteiger partial charge < -0.3 is 5.73 Å². The molecule has 1 aliphatic carbocycles. The number of nitrogens with zero attached hydrogens (tertiary/aromatic N) is 1. The average molecular weight is 316 g/mol. The molecule has 1 saturated carbocycles. The van der Waals surface area contributed by atoms with Crippen LogP contribution in [0.5, 0.6) is 0 Å². The molecular formula is C22H24N2. The zero-order valence-electron chi connectivity index (χ0n) is 14.3. The van der Waals surface area contributed by atoms with Gasteiger partial charge in [-0.15, -0.1) is 0 Å². The third-order valence-corrected chi connectivity index (χ3v) is 5.09. The van der Waals surface area contributed by atoms with E-state index in [-0.39, 0.29) is 11.0 Å². The van der Waals surface area contributed by atoms with Gasteiger partial charge in [0.15, 0.2) is 0 Å². The van der Waals surface area contributed by atoms with E-state index in [1.807, 2.05) is 24.4 Å². The Balaban J connectivity index is 1.85. The van der Waals surface area contributed by atoms with E-state index in [1.165, 1.54) is 5.56 Å². The minimum atomic E-state index is -0.193. The van der Waals surface area contributed by atoms with Gasteiger partial charge in [-0.3, -0.25) is 4.99 Å². The molecule has 2 unspecified atom stereocenters. The van der Waals surface area contributed by atoms with E-state index < -0.39 is 0 Å². The van der Waals surface area contributed by atoms with Crippen LogP contribution in [0.15, 0.2) is 59.8 Å². The molecule has 24 heavy (non-hydrogen) atoms. The SMILES string of the molecule is C=Cc1ccc(CC2(C#CC3=CC=CCC=N3)CC2(N)CC)cc1. The maximum Gasteiger partial charge on any atom is 0.112 e. The maximum absolute atomic E-state index is 6.58. The summed E-state index contributed by atoms with van der Waals surface area (Å²) in [5.74, 6) is 6.74. The van der Waals surface area contributed by atoms with Crippen molar-refractivity contribution < 1.29 is 0 Å². The second-order valence-corrected chi connectivity index (χ2v) is 6.67. The molecule has 1 aromatic carbocycles. The number of benzene rings is 1. The van der Waals surface area contributed by atoms with Crippen LogP contribution in [0.1, 0.15) is 37.3 Å². The first-order valence-electron chi connectivity index (χ1n) is 8.54. The second-order valence-electron chi connectivity index (χ2n) is 6.67. The molecule has 0 saturated heterocycles. The third kappa shape index (κ3) is 3.27. The predicted octanol–water partition coefficient (Wildman–Crippen LogP) is 4.29. The van der Waals surface area contributed by atoms with Crippen LogP contribution >= 0.6 is 0 Å². The summed E-state index contributed by atoms with van der Waals surface area (Å²) in [6.45, 7) is 5.95. The summed E-state index contributed by atoms with van der Waals surface area (Å²) in [5.41, 5.74) is 9.46. The van der Waals surface area contributed by atoms with E-state index >= 15 is 0 Å². The minimum Gasteiger partial charge on any atom is -0.324 e. The Morgan fingerprint density at radius 3 is 2.79 bits per heavy atom. The molecule has 0 bridgehead atoms. The lowest BCUT2D eigenvalue weighted by molar-refractivity contribution is 0.500. The summed E-state index contributed by atoms with van der Waals surface area (Å²) >= 11 is 0. The molecule has 1 aromatic rings. The smallest absolute Gasteiger partial charge is 0.112 e. The Morgan fingerprint density at radius 1 is 1.33 bits per heavy atom. The highest BCUT2D eigenvalue weighted by Crippen LogP contribution is 2.58. The molecule has 2 nitrogen and oxygen atoms in total. The van der Waals surface area contributed by atoms with Gasteiger partial charge in [-0.05, 0) is 42.4 Å². The summed E-state index contributed by atoms with van der Waals surface area (Å²) in [6.07, 6.45) is 13.4. The van der Waals surface area contributed by atoms with Crippen molar-refractivity contribution >= 4 is 12.3 Å². The van der Waals surface area contributed by atoms with Gasteiger partial charge in [0.2, 0.25) is 0 Å². The first-order valence-corrected chi connectivity index (χ1v) is 8.54. The van der Waals surface area contributed by atoms with Crippen LogP contribution in [0.4, 0.5) is 0 Å². The lowest BCUT2D eigenvalue weighted by Crippen LogP contribution is -2.30. The number of allylic oxidation sites excluding steroid dienone is 4. The van der Waals surface area contributed by atoms with Crippen LogP contribution in [0.2, 0.25) is 0 Å². The molecule has 0 radical (unpaired) electrons. The topological polar surface area (TPSA) is 38.4 Å². The molecule has 122 valence electrons. The van der Waals surface area contributed by atoms with Gasteiger partial charge >= 0.3 is 0 Å². The minimum absolute atomic E-state index is 0.149. The van der Waals surface area contributed by atoms with Gasteiger partial charge in [0.1, 0.15) is 5.70 Å². The van der Waals surface area contributed by atoms with E-state index in [9.17, 15) is 0 Å². The van der Waals surface area contributed by atoms with E-state index in [0.29, 0.717) is 0 Å². The third-order valence-electron chi connectivity index (χ3n) is 5.09. The van der Waals surface area contributed by atoms with Crippen LogP contribution in [-0.2, 0) is 6.42 Å². The van der Waals surface area contributed by atoms with Crippen molar-refractivity contribution in [3.8, 4) is 11.8 Å². The highest BCUT2D eigenvalue weighted by molar-refractivity contribution is 5.64. The maximum atomic E-state index is 6.58. The van der Waals surface area contributed by atoms with E-state index in [4.69, 9.17) is 5.73 Å². The molecule has 1 fully saturated rings. The Hall–Kier alpha value is -2.37. The van der Waals surface area contributed by atoms with Gasteiger partial charge in [0.25, 0.3) is 0 Å². The van der Waals surface area contributed by atoms with Crippen molar-refractivity contribution in [1.29, 1.82) is 0 Å². The predicted molar refractivity (Wildman–Crippen MR) is 103 cm³/mol. The van der Waals surface area contributed by atoms with E-state index in [2.05, 4.69) is 60.7 Å². The van der Waals surface area contributed by atoms with E-state index in [0.717, 1.165) is 36.9 Å². The summed E-state index contributed by atoms with van der Waals surface area (Å²) < 4.78 is 0. The Bertz CT molecular complexity index is 770. The molecule has 2 aliphatic rings. The first kappa shape index (κ1) is 16.5. The molecule has 2 N–H and O–H groups in total. The fraction of sp³-hybridized carbons (Fsp3) is 0.318. The summed E-state index contributed by atoms with van der Waals surface area (Å²) in [6, 6.07) is 8.50. The van der Waals surface area contributed by atoms with Crippen LogP contribution in [0.3, 0.4) is 0 Å². The molecule has 0 aromatic heterocycles. The van der Waals surface area contributed by atoms with Gasteiger partial charge in [-0.2, -0.15) is 0 Å². The van der Waals surface area contributed by atoms with Crippen molar-refractivity contribution in [3.63, 3.8) is 0 Å². The Morgan fingerprint density at radius 2 is 2.12 bits per heavy atom. The number of rotatable bonds is 4. The van der Waals surface area contributed by atoms with Crippen LogP contribution in [-0.4, -0.2) is 11.8 Å². The van der Waals surface area contributed by atoms with Gasteiger partial charge in [0, 0.05) is 18.2 Å². The normalized spacial score (nSPS) is 27.7. The van der Waals surface area contributed by atoms with Crippen LogP contribution in [0.25, 0.3) is 6.08 Å². The summed E-state index contributed by atoms with van der Waals surface area (Å²) in [4.78, 5) is 4.41. The molecule has 2 atom stereocenters. The molecule has 3 rings (SSSR count). The lowest BCUT2D eigenvalue weighted by Gasteiger charge is -2.17. The molecule has 0 amide bonds. The standard InChI is InChI=1S/C22H24N2/c1-3-18-9-11-19(12-10-18)16-21(17-22(21,23)4-2)14-13-20-8-6-5-7-15-24-20/h3,5-6,8-12,15H,1,4,7,16-17,23H2,2H3. The van der Waals surface area contributed by atoms with Gasteiger partial charge in [-0.1, -0.05) is 61.9 Å². The average Bonchev–Trinajstić information content (AvgIpc) is 3.28. The second kappa shape index (κ2) is 6.63. The Labute approximate surface area is 144 Å². The van der Waals surface area contributed by atoms with Crippen LogP contribution in [0, 0.1) is 17.3 Å². The largest absolute Gasteiger partial charge is 0.324 e. The molecule has 2 heteroatoms. The number of nitrogens with two attached hydrogens (primary N) is 1. The molecule has 1 aliphatic heterocycles. The summed E-state index contributed by atoms with van der Waals surface area (Å²) in [7, 11) is 0. The first-order chi connectivity index (χ1) is 11.6.